The molecule has 0 fully saturated rings. The predicted octanol–water partition coefficient (Wildman–Crippen LogP) is 3.12. The van der Waals surface area contributed by atoms with Crippen LogP contribution >= 0.6 is 11.5 Å². The van der Waals surface area contributed by atoms with Gasteiger partial charge in [-0.25, -0.2) is 0 Å². The largest absolute Gasteiger partial charge is 0.323 e. The molecule has 0 saturated carbocycles. The van der Waals surface area contributed by atoms with Gasteiger partial charge in [0.2, 0.25) is 0 Å². The molecule has 1 aromatic heterocycles. The lowest BCUT2D eigenvalue weighted by molar-refractivity contribution is 0.650. The van der Waals surface area contributed by atoms with Crippen LogP contribution in [0.2, 0.25) is 0 Å². The Kier molecular flexibility index (Phi) is 4.84. The van der Waals surface area contributed by atoms with E-state index in [1.165, 1.54) is 17.1 Å². The summed E-state index contributed by atoms with van der Waals surface area (Å²) in [5.74, 6) is 0. The molecule has 1 aromatic carbocycles. The van der Waals surface area contributed by atoms with Gasteiger partial charge in [-0.3, -0.25) is 0 Å². The average molecular weight is 261 g/mol. The van der Waals surface area contributed by atoms with Crippen molar-refractivity contribution in [1.29, 1.82) is 0 Å². The molecule has 0 spiro atoms. The monoisotopic (exact) mass is 261 g/mol. The lowest BCUT2D eigenvalue weighted by Gasteiger charge is -2.10. The van der Waals surface area contributed by atoms with E-state index in [4.69, 9.17) is 5.73 Å². The lowest BCUT2D eigenvalue weighted by Crippen LogP contribution is -2.12. The smallest absolute Gasteiger partial charge is 0.0803 e. The first-order valence-corrected chi connectivity index (χ1v) is 7.19. The molecule has 0 amide bonds. The Labute approximate surface area is 112 Å². The van der Waals surface area contributed by atoms with Gasteiger partial charge in [0.1, 0.15) is 0 Å². The number of nitrogens with zero attached hydrogens (tertiary/aromatic N) is 2. The minimum absolute atomic E-state index is 0.0618. The summed E-state index contributed by atoms with van der Waals surface area (Å²) in [6.45, 7) is 2.15. The van der Waals surface area contributed by atoms with Crippen LogP contribution in [0, 0.1) is 0 Å². The molecule has 4 heteroatoms. The van der Waals surface area contributed by atoms with Gasteiger partial charge in [0, 0.05) is 6.04 Å². The predicted molar refractivity (Wildman–Crippen MR) is 75.6 cm³/mol. The van der Waals surface area contributed by atoms with Gasteiger partial charge in [0.15, 0.2) is 0 Å². The molecular formula is C14H19N3S. The summed E-state index contributed by atoms with van der Waals surface area (Å²) in [7, 11) is 0. The van der Waals surface area contributed by atoms with Crippen molar-refractivity contribution < 1.29 is 0 Å². The molecule has 2 rings (SSSR count). The van der Waals surface area contributed by atoms with Crippen molar-refractivity contribution in [2.45, 2.75) is 38.6 Å². The number of hydrogen-bond donors (Lipinski definition) is 1. The number of hydrogen-bond acceptors (Lipinski definition) is 4. The van der Waals surface area contributed by atoms with Gasteiger partial charge in [-0.1, -0.05) is 48.2 Å². The topological polar surface area (TPSA) is 51.8 Å². The van der Waals surface area contributed by atoms with Crippen molar-refractivity contribution in [2.24, 2.45) is 5.73 Å². The molecule has 1 atom stereocenters. The first-order chi connectivity index (χ1) is 8.81. The highest BCUT2D eigenvalue weighted by molar-refractivity contribution is 7.05. The summed E-state index contributed by atoms with van der Waals surface area (Å²) >= 11 is 1.45. The zero-order chi connectivity index (χ0) is 12.8. The van der Waals surface area contributed by atoms with Crippen LogP contribution in [0.5, 0.6) is 0 Å². The molecule has 0 bridgehead atoms. The zero-order valence-corrected chi connectivity index (χ0v) is 11.5. The van der Waals surface area contributed by atoms with Crippen LogP contribution in [-0.4, -0.2) is 9.59 Å². The van der Waals surface area contributed by atoms with Crippen LogP contribution in [0.4, 0.5) is 0 Å². The fraction of sp³-hybridized carbons (Fsp3) is 0.429. The number of nitrogens with two attached hydrogens (primary N) is 1. The molecule has 0 aliphatic carbocycles. The van der Waals surface area contributed by atoms with E-state index in [2.05, 4.69) is 40.8 Å². The van der Waals surface area contributed by atoms with Crippen LogP contribution in [-0.2, 0) is 12.8 Å². The zero-order valence-electron chi connectivity index (χ0n) is 10.7. The fourth-order valence-electron chi connectivity index (χ4n) is 2.01. The van der Waals surface area contributed by atoms with Crippen molar-refractivity contribution in [3.8, 4) is 0 Å². The summed E-state index contributed by atoms with van der Waals surface area (Å²) in [5.41, 5.74) is 8.67. The second-order valence-electron chi connectivity index (χ2n) is 4.46. The summed E-state index contributed by atoms with van der Waals surface area (Å²) in [6.07, 6.45) is 4.02. The summed E-state index contributed by atoms with van der Waals surface area (Å²) < 4.78 is 4.03. The van der Waals surface area contributed by atoms with E-state index in [-0.39, 0.29) is 6.04 Å². The van der Waals surface area contributed by atoms with Crippen LogP contribution in [0.15, 0.2) is 30.3 Å². The SMILES string of the molecule is CCCc1nnsc1C(N)CCc1ccccc1. The third-order valence-corrected chi connectivity index (χ3v) is 3.89. The normalized spacial score (nSPS) is 12.6. The Hall–Kier alpha value is -1.26. The second kappa shape index (κ2) is 6.61. The molecule has 0 radical (unpaired) electrons. The van der Waals surface area contributed by atoms with Gasteiger partial charge in [-0.15, -0.1) is 5.10 Å². The summed E-state index contributed by atoms with van der Waals surface area (Å²) in [5, 5.41) is 4.17. The maximum atomic E-state index is 6.25. The first kappa shape index (κ1) is 13.2. The third kappa shape index (κ3) is 3.37. The number of aryl methyl sites for hydroxylation is 2. The van der Waals surface area contributed by atoms with Gasteiger partial charge in [-0.2, -0.15) is 0 Å². The van der Waals surface area contributed by atoms with Gasteiger partial charge >= 0.3 is 0 Å². The molecule has 0 aliphatic heterocycles. The van der Waals surface area contributed by atoms with Crippen molar-refractivity contribution >= 4 is 11.5 Å². The Bertz CT molecular complexity index is 467. The second-order valence-corrected chi connectivity index (χ2v) is 5.25. The molecule has 3 nitrogen and oxygen atoms in total. The minimum Gasteiger partial charge on any atom is -0.323 e. The van der Waals surface area contributed by atoms with Crippen LogP contribution < -0.4 is 5.73 Å². The number of rotatable bonds is 6. The summed E-state index contributed by atoms with van der Waals surface area (Å²) in [6, 6.07) is 10.5. The molecule has 2 aromatic rings. The Morgan fingerprint density at radius 2 is 2.00 bits per heavy atom. The molecular weight excluding hydrogens is 242 g/mol. The standard InChI is InChI=1S/C14H19N3S/c1-2-6-13-14(18-17-16-13)12(15)10-9-11-7-4-3-5-8-11/h3-5,7-8,12H,2,6,9-10,15H2,1H3. The highest BCUT2D eigenvalue weighted by Crippen LogP contribution is 2.23. The van der Waals surface area contributed by atoms with E-state index in [1.54, 1.807) is 0 Å². The molecule has 0 saturated heterocycles. The molecule has 2 N–H and O–H groups in total. The number of aromatic nitrogens is 2. The van der Waals surface area contributed by atoms with Gasteiger partial charge in [0.05, 0.1) is 10.6 Å². The molecule has 0 aliphatic rings. The van der Waals surface area contributed by atoms with E-state index >= 15 is 0 Å². The Morgan fingerprint density at radius 1 is 1.22 bits per heavy atom. The molecule has 1 unspecified atom stereocenters. The van der Waals surface area contributed by atoms with Crippen LogP contribution in [0.1, 0.15) is 41.9 Å². The fourth-order valence-corrected chi connectivity index (χ4v) is 2.73. The molecule has 18 heavy (non-hydrogen) atoms. The van der Waals surface area contributed by atoms with Gasteiger partial charge < -0.3 is 5.73 Å². The third-order valence-electron chi connectivity index (χ3n) is 3.00. The van der Waals surface area contributed by atoms with Crippen molar-refractivity contribution in [3.05, 3.63) is 46.5 Å². The van der Waals surface area contributed by atoms with Gasteiger partial charge in [-0.05, 0) is 36.4 Å². The highest BCUT2D eigenvalue weighted by atomic mass is 32.1. The maximum absolute atomic E-state index is 6.25. The Balaban J connectivity index is 1.95. The molecule has 96 valence electrons. The first-order valence-electron chi connectivity index (χ1n) is 6.42. The van der Waals surface area contributed by atoms with Crippen molar-refractivity contribution in [2.75, 3.05) is 0 Å². The van der Waals surface area contributed by atoms with E-state index in [1.807, 2.05) is 6.07 Å². The Morgan fingerprint density at radius 3 is 2.72 bits per heavy atom. The van der Waals surface area contributed by atoms with Crippen LogP contribution in [0.3, 0.4) is 0 Å². The maximum Gasteiger partial charge on any atom is 0.0803 e. The quantitative estimate of drug-likeness (QED) is 0.869. The average Bonchev–Trinajstić information content (AvgIpc) is 2.86. The lowest BCUT2D eigenvalue weighted by atomic mass is 10.0. The highest BCUT2D eigenvalue weighted by Gasteiger charge is 2.14. The molecule has 1 heterocycles. The van der Waals surface area contributed by atoms with Crippen LogP contribution in [0.25, 0.3) is 0 Å². The van der Waals surface area contributed by atoms with Crippen molar-refractivity contribution in [1.82, 2.24) is 9.59 Å². The minimum atomic E-state index is 0.0618. The summed E-state index contributed by atoms with van der Waals surface area (Å²) in [4.78, 5) is 1.16. The van der Waals surface area contributed by atoms with Crippen molar-refractivity contribution in [3.63, 3.8) is 0 Å². The van der Waals surface area contributed by atoms with E-state index < -0.39 is 0 Å². The van der Waals surface area contributed by atoms with Gasteiger partial charge in [0.25, 0.3) is 0 Å². The van der Waals surface area contributed by atoms with E-state index in [9.17, 15) is 0 Å². The van der Waals surface area contributed by atoms with E-state index in [0.29, 0.717) is 0 Å². The van der Waals surface area contributed by atoms with E-state index in [0.717, 1.165) is 36.3 Å². The number of benzene rings is 1.